The molecule has 0 unspecified atom stereocenters. The van der Waals surface area contributed by atoms with Crippen molar-refractivity contribution < 1.29 is 5.11 Å². The minimum absolute atomic E-state index is 0. The molecule has 0 fully saturated rings. The molecule has 0 aromatic heterocycles. The van der Waals surface area contributed by atoms with Crippen molar-refractivity contribution in [3.8, 4) is 0 Å². The fourth-order valence-electron chi connectivity index (χ4n) is 2.56. The largest absolute Gasteiger partial charge is 0.386 e. The second kappa shape index (κ2) is 8.37. The molecule has 3 aromatic rings. The molecule has 0 heterocycles. The summed E-state index contributed by atoms with van der Waals surface area (Å²) in [5.74, 6) is 0. The Morgan fingerprint density at radius 2 is 1.04 bits per heavy atom. The summed E-state index contributed by atoms with van der Waals surface area (Å²) in [5, 5.41) is 14.3. The van der Waals surface area contributed by atoms with E-state index in [1.165, 1.54) is 0 Å². The SMILES string of the molecule is Cl.O[C@H](c1ccccc1)[C@H](Nc1ccccc1)c1ccccc1. The van der Waals surface area contributed by atoms with Crippen molar-refractivity contribution in [3.63, 3.8) is 0 Å². The van der Waals surface area contributed by atoms with Crippen LogP contribution in [-0.2, 0) is 0 Å². The number of hydrogen-bond acceptors (Lipinski definition) is 2. The van der Waals surface area contributed by atoms with E-state index < -0.39 is 6.10 Å². The lowest BCUT2D eigenvalue weighted by atomic mass is 9.95. The van der Waals surface area contributed by atoms with Gasteiger partial charge in [0.05, 0.1) is 6.04 Å². The maximum Gasteiger partial charge on any atom is 0.103 e. The third kappa shape index (κ3) is 4.35. The molecule has 0 bridgehead atoms. The first-order valence-electron chi connectivity index (χ1n) is 7.44. The minimum atomic E-state index is -0.621. The number of para-hydroxylation sites is 1. The van der Waals surface area contributed by atoms with Gasteiger partial charge in [-0.2, -0.15) is 0 Å². The van der Waals surface area contributed by atoms with Gasteiger partial charge in [-0.15, -0.1) is 12.4 Å². The van der Waals surface area contributed by atoms with E-state index in [1.807, 2.05) is 91.0 Å². The first-order valence-corrected chi connectivity index (χ1v) is 7.44. The lowest BCUT2D eigenvalue weighted by molar-refractivity contribution is 0.155. The minimum Gasteiger partial charge on any atom is -0.386 e. The molecular formula is C20H20ClNO. The Morgan fingerprint density at radius 3 is 1.57 bits per heavy atom. The summed E-state index contributed by atoms with van der Waals surface area (Å²) in [6.07, 6.45) is -0.621. The van der Waals surface area contributed by atoms with E-state index in [4.69, 9.17) is 0 Å². The Balaban J connectivity index is 0.00000192. The highest BCUT2D eigenvalue weighted by atomic mass is 35.5. The third-order valence-corrected chi connectivity index (χ3v) is 3.71. The van der Waals surface area contributed by atoms with Crippen LogP contribution in [-0.4, -0.2) is 5.11 Å². The van der Waals surface area contributed by atoms with Crippen molar-refractivity contribution in [2.45, 2.75) is 12.1 Å². The standard InChI is InChI=1S/C20H19NO.ClH/c22-20(17-12-6-2-7-13-17)19(16-10-4-1-5-11-16)21-18-14-8-3-9-15-18;/h1-15,19-22H;1H/t19-,20-;/m1./s1. The van der Waals surface area contributed by atoms with Crippen LogP contribution in [0.25, 0.3) is 0 Å². The number of aliphatic hydroxyl groups is 1. The van der Waals surface area contributed by atoms with Crippen LogP contribution in [0.1, 0.15) is 23.3 Å². The second-order valence-corrected chi connectivity index (χ2v) is 5.25. The Bertz CT molecular complexity index is 689. The lowest BCUT2D eigenvalue weighted by Gasteiger charge is -2.26. The molecular weight excluding hydrogens is 306 g/mol. The van der Waals surface area contributed by atoms with Crippen molar-refractivity contribution in [1.82, 2.24) is 0 Å². The summed E-state index contributed by atoms with van der Waals surface area (Å²) >= 11 is 0. The van der Waals surface area contributed by atoms with Crippen LogP contribution in [0.5, 0.6) is 0 Å². The van der Waals surface area contributed by atoms with Crippen LogP contribution in [0, 0.1) is 0 Å². The van der Waals surface area contributed by atoms with Gasteiger partial charge in [-0.05, 0) is 23.3 Å². The number of nitrogens with one attached hydrogen (secondary N) is 1. The highest BCUT2D eigenvalue weighted by molar-refractivity contribution is 5.85. The highest BCUT2D eigenvalue weighted by Crippen LogP contribution is 2.31. The zero-order valence-corrected chi connectivity index (χ0v) is 13.5. The van der Waals surface area contributed by atoms with Gasteiger partial charge >= 0.3 is 0 Å². The quantitative estimate of drug-likeness (QED) is 0.692. The Morgan fingerprint density at radius 1 is 0.609 bits per heavy atom. The van der Waals surface area contributed by atoms with E-state index in [-0.39, 0.29) is 18.4 Å². The van der Waals surface area contributed by atoms with Gasteiger partial charge in [-0.25, -0.2) is 0 Å². The average molecular weight is 326 g/mol. The topological polar surface area (TPSA) is 32.3 Å². The molecule has 3 rings (SSSR count). The molecule has 0 radical (unpaired) electrons. The molecule has 0 amide bonds. The van der Waals surface area contributed by atoms with Gasteiger partial charge in [0.2, 0.25) is 0 Å². The summed E-state index contributed by atoms with van der Waals surface area (Å²) in [7, 11) is 0. The Labute approximate surface area is 143 Å². The average Bonchev–Trinajstić information content (AvgIpc) is 2.61. The van der Waals surface area contributed by atoms with E-state index in [2.05, 4.69) is 5.32 Å². The Kier molecular flexibility index (Phi) is 6.21. The molecule has 0 saturated heterocycles. The molecule has 118 valence electrons. The maximum atomic E-state index is 10.8. The molecule has 0 aliphatic rings. The normalized spacial score (nSPS) is 12.7. The molecule has 3 heteroatoms. The fourth-order valence-corrected chi connectivity index (χ4v) is 2.56. The van der Waals surface area contributed by atoms with Crippen LogP contribution < -0.4 is 5.32 Å². The first-order chi connectivity index (χ1) is 10.8. The first kappa shape index (κ1) is 17.1. The molecule has 23 heavy (non-hydrogen) atoms. The zero-order valence-electron chi connectivity index (χ0n) is 12.7. The van der Waals surface area contributed by atoms with Crippen molar-refractivity contribution in [2.24, 2.45) is 0 Å². The summed E-state index contributed by atoms with van der Waals surface area (Å²) < 4.78 is 0. The lowest BCUT2D eigenvalue weighted by Crippen LogP contribution is -2.19. The predicted molar refractivity (Wildman–Crippen MR) is 97.9 cm³/mol. The molecule has 0 spiro atoms. The summed E-state index contributed by atoms with van der Waals surface area (Å²) in [4.78, 5) is 0. The number of aliphatic hydroxyl groups excluding tert-OH is 1. The molecule has 2 N–H and O–H groups in total. The van der Waals surface area contributed by atoms with Gasteiger partial charge in [0.25, 0.3) is 0 Å². The van der Waals surface area contributed by atoms with Crippen molar-refractivity contribution in [2.75, 3.05) is 5.32 Å². The summed E-state index contributed by atoms with van der Waals surface area (Å²) in [6.45, 7) is 0. The van der Waals surface area contributed by atoms with Gasteiger partial charge in [0, 0.05) is 5.69 Å². The van der Waals surface area contributed by atoms with Crippen LogP contribution >= 0.6 is 12.4 Å². The molecule has 2 nitrogen and oxygen atoms in total. The second-order valence-electron chi connectivity index (χ2n) is 5.25. The smallest absolute Gasteiger partial charge is 0.103 e. The van der Waals surface area contributed by atoms with E-state index in [1.54, 1.807) is 0 Å². The number of hydrogen-bond donors (Lipinski definition) is 2. The number of benzene rings is 3. The Hall–Kier alpha value is -2.29. The van der Waals surface area contributed by atoms with Crippen LogP contribution in [0.2, 0.25) is 0 Å². The van der Waals surface area contributed by atoms with E-state index in [9.17, 15) is 5.11 Å². The van der Waals surface area contributed by atoms with Crippen molar-refractivity contribution in [3.05, 3.63) is 102 Å². The van der Waals surface area contributed by atoms with Crippen LogP contribution in [0.15, 0.2) is 91.0 Å². The molecule has 2 atom stereocenters. The summed E-state index contributed by atoms with van der Waals surface area (Å²) in [6, 6.07) is 29.6. The molecule has 3 aromatic carbocycles. The molecule has 0 aliphatic carbocycles. The van der Waals surface area contributed by atoms with Gasteiger partial charge in [0.15, 0.2) is 0 Å². The predicted octanol–water partition coefficient (Wildman–Crippen LogP) is 5.00. The van der Waals surface area contributed by atoms with E-state index >= 15 is 0 Å². The molecule has 0 saturated carbocycles. The maximum absolute atomic E-state index is 10.8. The van der Waals surface area contributed by atoms with E-state index in [0.717, 1.165) is 16.8 Å². The zero-order chi connectivity index (χ0) is 15.2. The third-order valence-electron chi connectivity index (χ3n) is 3.71. The van der Waals surface area contributed by atoms with Crippen molar-refractivity contribution in [1.29, 1.82) is 0 Å². The number of halogens is 1. The van der Waals surface area contributed by atoms with Gasteiger partial charge in [0.1, 0.15) is 6.10 Å². The number of anilines is 1. The van der Waals surface area contributed by atoms with E-state index in [0.29, 0.717) is 0 Å². The highest BCUT2D eigenvalue weighted by Gasteiger charge is 2.22. The fraction of sp³-hybridized carbons (Fsp3) is 0.100. The van der Waals surface area contributed by atoms with Crippen LogP contribution in [0.3, 0.4) is 0 Å². The number of rotatable bonds is 5. The summed E-state index contributed by atoms with van der Waals surface area (Å²) in [5.41, 5.74) is 2.95. The van der Waals surface area contributed by atoms with Gasteiger partial charge in [-0.1, -0.05) is 78.9 Å². The van der Waals surface area contributed by atoms with Gasteiger partial charge < -0.3 is 10.4 Å². The van der Waals surface area contributed by atoms with Crippen LogP contribution in [0.4, 0.5) is 5.69 Å². The monoisotopic (exact) mass is 325 g/mol. The van der Waals surface area contributed by atoms with Crippen molar-refractivity contribution >= 4 is 18.1 Å². The molecule has 0 aliphatic heterocycles. The van der Waals surface area contributed by atoms with Gasteiger partial charge in [-0.3, -0.25) is 0 Å².